The van der Waals surface area contributed by atoms with Crippen LogP contribution < -0.4 is 14.2 Å². The van der Waals surface area contributed by atoms with Gasteiger partial charge in [0.2, 0.25) is 5.75 Å². The molecule has 0 bridgehead atoms. The Bertz CT molecular complexity index is 874. The van der Waals surface area contributed by atoms with Gasteiger partial charge in [-0.15, -0.1) is 0 Å². The van der Waals surface area contributed by atoms with Gasteiger partial charge in [0, 0.05) is 12.0 Å². The van der Waals surface area contributed by atoms with Crippen LogP contribution in [0.1, 0.15) is 22.1 Å². The van der Waals surface area contributed by atoms with Crippen molar-refractivity contribution in [2.24, 2.45) is 0 Å². The molecule has 0 aromatic carbocycles. The molecule has 24 heavy (non-hydrogen) atoms. The second-order valence-electron chi connectivity index (χ2n) is 5.28. The third-order valence-electron chi connectivity index (χ3n) is 3.68. The first-order chi connectivity index (χ1) is 11.1. The summed E-state index contributed by atoms with van der Waals surface area (Å²) in [5, 5.41) is 11.7. The van der Waals surface area contributed by atoms with E-state index in [0.717, 1.165) is 10.8 Å². The third-order valence-corrected chi connectivity index (χ3v) is 4.70. The van der Waals surface area contributed by atoms with Crippen LogP contribution in [0.5, 0.6) is 11.6 Å². The number of nitrogens with zero attached hydrogens (tertiary/aromatic N) is 1. The Morgan fingerprint density at radius 3 is 2.67 bits per heavy atom. The van der Waals surface area contributed by atoms with Crippen molar-refractivity contribution in [3.8, 4) is 11.6 Å². The quantitative estimate of drug-likeness (QED) is 0.382. The fourth-order valence-corrected chi connectivity index (χ4v) is 3.68. The van der Waals surface area contributed by atoms with E-state index in [1.54, 1.807) is 0 Å². The lowest BCUT2D eigenvalue weighted by atomic mass is 9.90. The molecule has 12 heteroatoms. The molecule has 2 aliphatic rings. The summed E-state index contributed by atoms with van der Waals surface area (Å²) in [4.78, 5) is 35.0. The molecule has 2 aliphatic heterocycles. The van der Waals surface area contributed by atoms with E-state index in [1.807, 2.05) is 0 Å². The van der Waals surface area contributed by atoms with E-state index < -0.39 is 40.1 Å². The van der Waals surface area contributed by atoms with Gasteiger partial charge in [0.1, 0.15) is 6.04 Å². The second kappa shape index (κ2) is 5.57. The van der Waals surface area contributed by atoms with Crippen LogP contribution in [0.4, 0.5) is 4.79 Å². The zero-order chi connectivity index (χ0) is 17.8. The van der Waals surface area contributed by atoms with Crippen molar-refractivity contribution in [2.75, 3.05) is 11.6 Å². The number of Topliss-reactive ketones (excluding diaryl/α,β-unsaturated/α-hetero) is 1. The Kier molecular flexibility index (Phi) is 3.92. The van der Waals surface area contributed by atoms with Crippen molar-refractivity contribution in [3.05, 3.63) is 11.3 Å². The molecule has 0 amide bonds. The third kappa shape index (κ3) is 2.59. The van der Waals surface area contributed by atoms with E-state index in [4.69, 9.17) is 9.29 Å². The molecule has 0 fully saturated rings. The minimum Gasteiger partial charge on any atom is -0.449 e. The minimum absolute atomic E-state index is 0.0391. The number of ether oxygens (including phenoxy) is 1. The first-order valence-electron chi connectivity index (χ1n) is 6.60. The number of carbonyl (C=O) groups is 3. The summed E-state index contributed by atoms with van der Waals surface area (Å²) in [6.45, 7) is 0. The molecule has 0 spiro atoms. The highest BCUT2D eigenvalue weighted by atomic mass is 79.9. The SMILES string of the molecule is CS(=O)(=O)Oc1c2c3n(c1OC(=O)O)C(=O)[C@H]3N[C@@H](C(=O)CBr)C2. The van der Waals surface area contributed by atoms with E-state index in [0.29, 0.717) is 5.69 Å². The number of halogens is 1. The molecule has 1 aromatic rings. The standard InChI is InChI=1S/C12H11BrN2O8S/c1-24(20,21)23-9-4-2-5(6(16)3-13)14-7-8(4)15(10(7)17)11(9)22-12(18)19/h5,7,14H,2-3H2,1H3,(H,18,19)/t5-,7+/m1/s1. The Labute approximate surface area is 144 Å². The van der Waals surface area contributed by atoms with Crippen LogP contribution in [0.3, 0.4) is 0 Å². The van der Waals surface area contributed by atoms with Crippen LogP contribution in [0.2, 0.25) is 0 Å². The van der Waals surface area contributed by atoms with Crippen LogP contribution in [-0.2, 0) is 21.3 Å². The maximum Gasteiger partial charge on any atom is 0.512 e. The van der Waals surface area contributed by atoms with Gasteiger partial charge in [0.05, 0.1) is 23.3 Å². The largest absolute Gasteiger partial charge is 0.512 e. The number of ketones is 1. The first-order valence-corrected chi connectivity index (χ1v) is 9.54. The van der Waals surface area contributed by atoms with Crippen LogP contribution in [-0.4, -0.2) is 53.6 Å². The summed E-state index contributed by atoms with van der Waals surface area (Å²) >= 11 is 3.04. The van der Waals surface area contributed by atoms with Crippen LogP contribution in [0.25, 0.3) is 0 Å². The van der Waals surface area contributed by atoms with Gasteiger partial charge in [0.15, 0.2) is 5.78 Å². The van der Waals surface area contributed by atoms with E-state index in [1.165, 1.54) is 0 Å². The van der Waals surface area contributed by atoms with E-state index in [2.05, 4.69) is 26.0 Å². The van der Waals surface area contributed by atoms with Crippen LogP contribution in [0, 0.1) is 0 Å². The summed E-state index contributed by atoms with van der Waals surface area (Å²) in [5.74, 6) is -1.69. The van der Waals surface area contributed by atoms with Crippen LogP contribution in [0.15, 0.2) is 0 Å². The molecular formula is C12H11BrN2O8S. The molecule has 0 saturated carbocycles. The molecule has 2 N–H and O–H groups in total. The molecule has 0 radical (unpaired) electrons. The first kappa shape index (κ1) is 16.9. The fraction of sp³-hybridized carbons (Fsp3) is 0.417. The highest BCUT2D eigenvalue weighted by Crippen LogP contribution is 2.49. The number of hydrogen-bond donors (Lipinski definition) is 2. The lowest BCUT2D eigenvalue weighted by molar-refractivity contribution is -0.118. The van der Waals surface area contributed by atoms with Gasteiger partial charge in [-0.1, -0.05) is 15.9 Å². The van der Waals surface area contributed by atoms with Crippen LogP contribution >= 0.6 is 15.9 Å². The predicted octanol–water partition coefficient (Wildman–Crippen LogP) is 0.0565. The van der Waals surface area contributed by atoms with E-state index in [9.17, 15) is 22.8 Å². The Hall–Kier alpha value is -1.92. The van der Waals surface area contributed by atoms with Gasteiger partial charge in [-0.2, -0.15) is 8.42 Å². The molecule has 3 heterocycles. The van der Waals surface area contributed by atoms with Crippen molar-refractivity contribution in [1.82, 2.24) is 9.88 Å². The lowest BCUT2D eigenvalue weighted by Crippen LogP contribution is -2.54. The van der Waals surface area contributed by atoms with Crippen molar-refractivity contribution in [1.29, 1.82) is 0 Å². The summed E-state index contributed by atoms with van der Waals surface area (Å²) in [6.07, 6.45) is -0.908. The predicted molar refractivity (Wildman–Crippen MR) is 81.4 cm³/mol. The van der Waals surface area contributed by atoms with Crippen molar-refractivity contribution in [3.63, 3.8) is 0 Å². The summed E-state index contributed by atoms with van der Waals surface area (Å²) in [6, 6.07) is -1.57. The molecule has 10 nitrogen and oxygen atoms in total. The Morgan fingerprint density at radius 2 is 2.12 bits per heavy atom. The van der Waals surface area contributed by atoms with Gasteiger partial charge in [-0.25, -0.2) is 9.36 Å². The van der Waals surface area contributed by atoms with E-state index in [-0.39, 0.29) is 28.8 Å². The average Bonchev–Trinajstić information content (AvgIpc) is 2.75. The molecule has 0 saturated heterocycles. The number of carbonyl (C=O) groups excluding carboxylic acids is 2. The molecular weight excluding hydrogens is 412 g/mol. The zero-order valence-corrected chi connectivity index (χ0v) is 14.5. The molecule has 1 aromatic heterocycles. The van der Waals surface area contributed by atoms with Gasteiger partial charge in [0.25, 0.3) is 11.8 Å². The smallest absolute Gasteiger partial charge is 0.449 e. The summed E-state index contributed by atoms with van der Waals surface area (Å²) < 4.78 is 33.3. The number of rotatable bonds is 5. The van der Waals surface area contributed by atoms with Gasteiger partial charge < -0.3 is 14.0 Å². The maximum absolute atomic E-state index is 12.2. The average molecular weight is 423 g/mol. The second-order valence-corrected chi connectivity index (χ2v) is 7.42. The zero-order valence-electron chi connectivity index (χ0n) is 12.1. The lowest BCUT2D eigenvalue weighted by Gasteiger charge is -2.36. The summed E-state index contributed by atoms with van der Waals surface area (Å²) in [7, 11) is -4.01. The van der Waals surface area contributed by atoms with Gasteiger partial charge in [-0.3, -0.25) is 14.9 Å². The molecule has 0 aliphatic carbocycles. The number of hydrogen-bond acceptors (Lipinski definition) is 8. The topological polar surface area (TPSA) is 141 Å². The highest BCUT2D eigenvalue weighted by Gasteiger charge is 2.50. The van der Waals surface area contributed by atoms with Gasteiger partial charge in [-0.05, 0) is 0 Å². The Balaban J connectivity index is 2.15. The fourth-order valence-electron chi connectivity index (χ4n) is 2.82. The van der Waals surface area contributed by atoms with Gasteiger partial charge >= 0.3 is 16.3 Å². The van der Waals surface area contributed by atoms with Crippen molar-refractivity contribution < 1.29 is 36.8 Å². The highest BCUT2D eigenvalue weighted by molar-refractivity contribution is 9.09. The molecule has 3 rings (SSSR count). The molecule has 130 valence electrons. The number of nitrogens with one attached hydrogen (secondary N) is 1. The number of alkyl halides is 1. The molecule has 0 unspecified atom stereocenters. The summed E-state index contributed by atoms with van der Waals surface area (Å²) in [5.41, 5.74) is 0.604. The monoisotopic (exact) mass is 422 g/mol. The number of aromatic nitrogens is 1. The molecule has 2 atom stereocenters. The van der Waals surface area contributed by atoms with E-state index >= 15 is 0 Å². The van der Waals surface area contributed by atoms with Crippen molar-refractivity contribution in [2.45, 2.75) is 18.5 Å². The number of carboxylic acid groups (broad SMARTS) is 1. The normalized spacial score (nSPS) is 21.7. The Morgan fingerprint density at radius 1 is 1.46 bits per heavy atom. The minimum atomic E-state index is -4.01. The maximum atomic E-state index is 12.2. The van der Waals surface area contributed by atoms with Crippen molar-refractivity contribution >= 4 is 43.9 Å².